The molecule has 0 spiro atoms. The lowest BCUT2D eigenvalue weighted by molar-refractivity contribution is -0.136. The summed E-state index contributed by atoms with van der Waals surface area (Å²) in [7, 11) is 0. The van der Waals surface area contributed by atoms with E-state index in [2.05, 4.69) is 12.6 Å². The summed E-state index contributed by atoms with van der Waals surface area (Å²) in [5, 5.41) is 9.17. The van der Waals surface area contributed by atoms with E-state index in [4.69, 9.17) is 11.0 Å². The van der Waals surface area contributed by atoms with Crippen molar-refractivity contribution in [3.8, 4) is 6.07 Å². The molecular formula is C15H20FN3O. The van der Waals surface area contributed by atoms with E-state index in [0.29, 0.717) is 18.8 Å². The normalized spacial score (nSPS) is 35.2. The topological polar surface area (TPSA) is 70.1 Å². The van der Waals surface area contributed by atoms with Gasteiger partial charge in [-0.15, -0.1) is 0 Å². The van der Waals surface area contributed by atoms with Crippen LogP contribution in [-0.4, -0.2) is 28.9 Å². The third-order valence-electron chi connectivity index (χ3n) is 5.41. The summed E-state index contributed by atoms with van der Waals surface area (Å²) >= 11 is 0. The minimum Gasteiger partial charge on any atom is -0.322 e. The van der Waals surface area contributed by atoms with Crippen LogP contribution >= 0.6 is 0 Å². The van der Waals surface area contributed by atoms with Crippen LogP contribution in [0.2, 0.25) is 0 Å². The van der Waals surface area contributed by atoms with Gasteiger partial charge in [0.25, 0.3) is 0 Å². The molecule has 0 bridgehead atoms. The Kier molecular flexibility index (Phi) is 3.09. The molecule has 3 fully saturated rings. The first-order valence-corrected chi connectivity index (χ1v) is 7.33. The fourth-order valence-corrected chi connectivity index (χ4v) is 4.04. The van der Waals surface area contributed by atoms with E-state index in [0.717, 1.165) is 25.7 Å². The Morgan fingerprint density at radius 2 is 2.10 bits per heavy atom. The van der Waals surface area contributed by atoms with Gasteiger partial charge < -0.3 is 10.6 Å². The second kappa shape index (κ2) is 4.56. The number of fused-ring (bicyclic) bond motifs is 1. The smallest absolute Gasteiger partial charge is 0.241 e. The first-order chi connectivity index (χ1) is 9.51. The van der Waals surface area contributed by atoms with Gasteiger partial charge in [-0.3, -0.25) is 4.79 Å². The van der Waals surface area contributed by atoms with Crippen molar-refractivity contribution in [3.63, 3.8) is 0 Å². The number of rotatable bonds is 3. The van der Waals surface area contributed by atoms with E-state index in [1.807, 2.05) is 0 Å². The lowest BCUT2D eigenvalue weighted by Gasteiger charge is -2.36. The number of carbonyl (C=O) groups excluding carboxylic acids is 1. The van der Waals surface area contributed by atoms with Crippen molar-refractivity contribution in [3.05, 3.63) is 12.4 Å². The average molecular weight is 277 g/mol. The summed E-state index contributed by atoms with van der Waals surface area (Å²) in [5.41, 5.74) is 5.22. The van der Waals surface area contributed by atoms with Gasteiger partial charge in [-0.05, 0) is 31.6 Å². The molecule has 0 radical (unpaired) electrons. The quantitative estimate of drug-likeness (QED) is 0.856. The zero-order chi connectivity index (χ0) is 14.5. The predicted molar refractivity (Wildman–Crippen MR) is 71.9 cm³/mol. The predicted octanol–water partition coefficient (Wildman–Crippen LogP) is 1.87. The minimum absolute atomic E-state index is 0.157. The van der Waals surface area contributed by atoms with Crippen molar-refractivity contribution in [2.24, 2.45) is 17.1 Å². The maximum atomic E-state index is 13.9. The van der Waals surface area contributed by atoms with Gasteiger partial charge in [0.2, 0.25) is 5.91 Å². The highest BCUT2D eigenvalue weighted by Gasteiger charge is 2.57. The summed E-state index contributed by atoms with van der Waals surface area (Å²) in [6.07, 6.45) is 4.60. The van der Waals surface area contributed by atoms with Crippen LogP contribution < -0.4 is 5.73 Å². The van der Waals surface area contributed by atoms with Crippen LogP contribution in [0.15, 0.2) is 12.4 Å². The number of piperidine rings is 1. The van der Waals surface area contributed by atoms with Crippen molar-refractivity contribution in [1.29, 1.82) is 5.26 Å². The summed E-state index contributed by atoms with van der Waals surface area (Å²) in [5.74, 6) is -0.290. The largest absolute Gasteiger partial charge is 0.322 e. The lowest BCUT2D eigenvalue weighted by Crippen LogP contribution is -2.54. The van der Waals surface area contributed by atoms with E-state index in [1.165, 1.54) is 0 Å². The SMILES string of the molecule is C=C(F)C1(C(N)C(=O)N2C(C#N)C[C@@H]3C[C@@H]32)CCCC1. The first-order valence-electron chi connectivity index (χ1n) is 7.33. The van der Waals surface area contributed by atoms with Crippen molar-refractivity contribution in [2.75, 3.05) is 0 Å². The number of nitriles is 1. The van der Waals surface area contributed by atoms with E-state index in [-0.39, 0.29) is 18.0 Å². The fraction of sp³-hybridized carbons (Fsp3) is 0.733. The van der Waals surface area contributed by atoms with Gasteiger partial charge >= 0.3 is 0 Å². The minimum atomic E-state index is -0.913. The van der Waals surface area contributed by atoms with Gasteiger partial charge in [0, 0.05) is 11.5 Å². The maximum Gasteiger partial charge on any atom is 0.241 e. The van der Waals surface area contributed by atoms with Crippen molar-refractivity contribution in [1.82, 2.24) is 4.90 Å². The molecule has 0 aromatic rings. The van der Waals surface area contributed by atoms with Crippen LogP contribution in [0.3, 0.4) is 0 Å². The molecule has 108 valence electrons. The molecule has 1 heterocycles. The number of halogens is 1. The number of carbonyl (C=O) groups is 1. The van der Waals surface area contributed by atoms with Crippen LogP contribution in [0.25, 0.3) is 0 Å². The molecule has 2 N–H and O–H groups in total. The number of hydrogen-bond acceptors (Lipinski definition) is 3. The third kappa shape index (κ3) is 1.78. The Labute approximate surface area is 118 Å². The van der Waals surface area contributed by atoms with Crippen LogP contribution in [0.4, 0.5) is 4.39 Å². The van der Waals surface area contributed by atoms with Gasteiger partial charge in [0.05, 0.1) is 12.1 Å². The lowest BCUT2D eigenvalue weighted by atomic mass is 9.77. The molecule has 2 saturated carbocycles. The monoisotopic (exact) mass is 277 g/mol. The molecule has 0 aromatic carbocycles. The van der Waals surface area contributed by atoms with Gasteiger partial charge in [0.15, 0.2) is 0 Å². The van der Waals surface area contributed by atoms with Crippen molar-refractivity contribution >= 4 is 5.91 Å². The summed E-state index contributed by atoms with van der Waals surface area (Å²) in [4.78, 5) is 14.3. The molecule has 4 nitrogen and oxygen atoms in total. The van der Waals surface area contributed by atoms with Crippen LogP contribution in [0.1, 0.15) is 38.5 Å². The Morgan fingerprint density at radius 1 is 1.45 bits per heavy atom. The fourth-order valence-electron chi connectivity index (χ4n) is 4.04. The Morgan fingerprint density at radius 3 is 2.65 bits per heavy atom. The maximum absolute atomic E-state index is 13.9. The highest BCUT2D eigenvalue weighted by atomic mass is 19.1. The second-order valence-electron chi connectivity index (χ2n) is 6.44. The Bertz CT molecular complexity index is 492. The van der Waals surface area contributed by atoms with Crippen LogP contribution in [0.5, 0.6) is 0 Å². The van der Waals surface area contributed by atoms with Gasteiger partial charge in [-0.25, -0.2) is 4.39 Å². The Hall–Kier alpha value is -1.41. The van der Waals surface area contributed by atoms with Crippen molar-refractivity contribution < 1.29 is 9.18 Å². The summed E-state index contributed by atoms with van der Waals surface area (Å²) in [6.45, 7) is 3.43. The highest BCUT2D eigenvalue weighted by molar-refractivity contribution is 5.85. The summed E-state index contributed by atoms with van der Waals surface area (Å²) in [6, 6.07) is 1.04. The van der Waals surface area contributed by atoms with Crippen LogP contribution in [-0.2, 0) is 4.79 Å². The highest BCUT2D eigenvalue weighted by Crippen LogP contribution is 2.51. The number of hydrogen-bond donors (Lipinski definition) is 1. The van der Waals surface area contributed by atoms with E-state index in [1.54, 1.807) is 4.90 Å². The average Bonchev–Trinajstić information content (AvgIpc) is 2.91. The standard InChI is InChI=1S/C15H20FN3O/c1-9(16)15(4-2-3-5-15)13(18)14(20)19-11(8-17)6-10-7-12(10)19/h10-13H,1-7,18H2/t10-,11?,12+,13?/m1/s1. The zero-order valence-electron chi connectivity index (χ0n) is 11.5. The first kappa shape index (κ1) is 13.6. The van der Waals surface area contributed by atoms with Crippen LogP contribution in [0, 0.1) is 22.7 Å². The molecule has 2 unspecified atom stereocenters. The van der Waals surface area contributed by atoms with E-state index in [9.17, 15) is 9.18 Å². The molecule has 2 aliphatic carbocycles. The van der Waals surface area contributed by atoms with E-state index >= 15 is 0 Å². The van der Waals surface area contributed by atoms with Gasteiger partial charge in [0.1, 0.15) is 11.9 Å². The van der Waals surface area contributed by atoms with Gasteiger partial charge in [-0.2, -0.15) is 5.26 Å². The molecule has 3 aliphatic rings. The van der Waals surface area contributed by atoms with Gasteiger partial charge in [-0.1, -0.05) is 19.4 Å². The molecule has 1 saturated heterocycles. The molecule has 1 amide bonds. The van der Waals surface area contributed by atoms with Crippen molar-refractivity contribution in [2.45, 2.75) is 56.7 Å². The summed E-state index contributed by atoms with van der Waals surface area (Å²) < 4.78 is 13.9. The number of amides is 1. The number of nitrogens with two attached hydrogens (primary N) is 1. The molecule has 4 atom stereocenters. The second-order valence-corrected chi connectivity index (χ2v) is 6.44. The third-order valence-corrected chi connectivity index (χ3v) is 5.41. The molecule has 5 heteroatoms. The molecule has 0 aromatic heterocycles. The molecular weight excluding hydrogens is 257 g/mol. The molecule has 3 rings (SSSR count). The van der Waals surface area contributed by atoms with E-state index < -0.39 is 17.3 Å². The number of nitrogens with zero attached hydrogens (tertiary/aromatic N) is 2. The zero-order valence-corrected chi connectivity index (χ0v) is 11.5. The molecule has 1 aliphatic heterocycles. The number of likely N-dealkylation sites (tertiary alicyclic amines) is 1. The molecule has 20 heavy (non-hydrogen) atoms. The Balaban J connectivity index is 1.83.